The van der Waals surface area contributed by atoms with Crippen molar-refractivity contribution in [3.05, 3.63) is 29.9 Å². The van der Waals surface area contributed by atoms with Gasteiger partial charge in [0, 0.05) is 32.5 Å². The highest BCUT2D eigenvalue weighted by atomic mass is 16.5. The van der Waals surface area contributed by atoms with Crippen LogP contribution < -0.4 is 0 Å². The highest BCUT2D eigenvalue weighted by molar-refractivity contribution is 4.92. The maximum atomic E-state index is 5.87. The van der Waals surface area contributed by atoms with Crippen molar-refractivity contribution >= 4 is 0 Å². The van der Waals surface area contributed by atoms with Crippen LogP contribution in [0.2, 0.25) is 0 Å². The van der Waals surface area contributed by atoms with Crippen LogP contribution >= 0.6 is 0 Å². The normalized spacial score (nSPS) is 20.0. The van der Waals surface area contributed by atoms with Crippen LogP contribution in [0.25, 0.3) is 0 Å². The van der Waals surface area contributed by atoms with E-state index in [0.717, 1.165) is 50.3 Å². The Bertz CT molecular complexity index is 604. The van der Waals surface area contributed by atoms with E-state index in [1.165, 1.54) is 0 Å². The smallest absolute Gasteiger partial charge is 0.147 e. The third kappa shape index (κ3) is 3.30. The summed E-state index contributed by atoms with van der Waals surface area (Å²) in [6, 6.07) is 0. The molecule has 1 aliphatic heterocycles. The Balaban J connectivity index is 1.60. The molecule has 2 aromatic rings. The molecule has 0 amide bonds. The molecule has 0 N–H and O–H groups in total. The minimum absolute atomic E-state index is 0.152. The van der Waals surface area contributed by atoms with Crippen LogP contribution in [0.1, 0.15) is 17.5 Å². The van der Waals surface area contributed by atoms with Gasteiger partial charge in [0.1, 0.15) is 17.5 Å². The SMILES string of the molecule is Cc1nc(C)n(CC2CN(Cc3nccn3C)CCO2)n1. The van der Waals surface area contributed by atoms with Gasteiger partial charge in [0.25, 0.3) is 0 Å². The largest absolute Gasteiger partial charge is 0.374 e. The number of ether oxygens (including phenoxy) is 1. The molecule has 1 fully saturated rings. The summed E-state index contributed by atoms with van der Waals surface area (Å²) < 4.78 is 9.87. The molecular weight excluding hydrogens is 268 g/mol. The molecule has 7 heteroatoms. The van der Waals surface area contributed by atoms with Crippen molar-refractivity contribution < 1.29 is 4.74 Å². The lowest BCUT2D eigenvalue weighted by Crippen LogP contribution is -2.44. The topological polar surface area (TPSA) is 61.0 Å². The third-order valence-electron chi connectivity index (χ3n) is 3.85. The molecule has 3 rings (SSSR count). The average Bonchev–Trinajstić information content (AvgIpc) is 2.97. The summed E-state index contributed by atoms with van der Waals surface area (Å²) in [7, 11) is 2.03. The molecule has 1 aliphatic rings. The van der Waals surface area contributed by atoms with Gasteiger partial charge < -0.3 is 9.30 Å². The second kappa shape index (κ2) is 5.95. The Morgan fingerprint density at radius 2 is 2.24 bits per heavy atom. The van der Waals surface area contributed by atoms with Gasteiger partial charge in [-0.15, -0.1) is 0 Å². The standard InChI is InChI=1S/C14H22N6O/c1-11-16-12(2)20(17-11)9-13-8-19(6-7-21-13)10-14-15-4-5-18(14)3/h4-5,13H,6-10H2,1-3H3. The van der Waals surface area contributed by atoms with Gasteiger partial charge in [-0.3, -0.25) is 4.90 Å². The molecule has 0 spiro atoms. The number of hydrogen-bond donors (Lipinski definition) is 0. The molecule has 0 radical (unpaired) electrons. The first-order valence-electron chi connectivity index (χ1n) is 7.30. The molecule has 0 aromatic carbocycles. The van der Waals surface area contributed by atoms with Gasteiger partial charge in [-0.25, -0.2) is 14.6 Å². The minimum atomic E-state index is 0.152. The summed E-state index contributed by atoms with van der Waals surface area (Å²) in [5.41, 5.74) is 0. The first-order valence-corrected chi connectivity index (χ1v) is 7.30. The quantitative estimate of drug-likeness (QED) is 0.822. The zero-order chi connectivity index (χ0) is 14.8. The van der Waals surface area contributed by atoms with Crippen LogP contribution in [0.3, 0.4) is 0 Å². The zero-order valence-electron chi connectivity index (χ0n) is 12.9. The van der Waals surface area contributed by atoms with Gasteiger partial charge in [0.05, 0.1) is 25.8 Å². The number of hydrogen-bond acceptors (Lipinski definition) is 5. The van der Waals surface area contributed by atoms with E-state index in [-0.39, 0.29) is 6.10 Å². The Morgan fingerprint density at radius 1 is 1.38 bits per heavy atom. The van der Waals surface area contributed by atoms with Gasteiger partial charge in [0.2, 0.25) is 0 Å². The fourth-order valence-electron chi connectivity index (χ4n) is 2.71. The summed E-state index contributed by atoms with van der Waals surface area (Å²) >= 11 is 0. The maximum Gasteiger partial charge on any atom is 0.147 e. The van der Waals surface area contributed by atoms with Crippen molar-refractivity contribution in [1.29, 1.82) is 0 Å². The second-order valence-corrected chi connectivity index (χ2v) is 5.57. The fourth-order valence-corrected chi connectivity index (χ4v) is 2.71. The molecule has 7 nitrogen and oxygen atoms in total. The molecule has 2 aromatic heterocycles. The van der Waals surface area contributed by atoms with Gasteiger partial charge in [-0.1, -0.05) is 0 Å². The fraction of sp³-hybridized carbons (Fsp3) is 0.643. The summed E-state index contributed by atoms with van der Waals surface area (Å²) in [5.74, 6) is 2.84. The second-order valence-electron chi connectivity index (χ2n) is 5.57. The highest BCUT2D eigenvalue weighted by Crippen LogP contribution is 2.11. The average molecular weight is 290 g/mol. The molecule has 114 valence electrons. The third-order valence-corrected chi connectivity index (χ3v) is 3.85. The Hall–Kier alpha value is -1.73. The van der Waals surface area contributed by atoms with E-state index in [4.69, 9.17) is 4.74 Å². The molecule has 1 atom stereocenters. The Labute approximate surface area is 124 Å². The van der Waals surface area contributed by atoms with Crippen molar-refractivity contribution in [2.45, 2.75) is 33.0 Å². The van der Waals surface area contributed by atoms with Crippen molar-refractivity contribution in [3.63, 3.8) is 0 Å². The summed E-state index contributed by atoms with van der Waals surface area (Å²) in [5, 5.41) is 4.41. The van der Waals surface area contributed by atoms with E-state index < -0.39 is 0 Å². The summed E-state index contributed by atoms with van der Waals surface area (Å²) in [4.78, 5) is 11.1. The number of imidazole rings is 1. The molecule has 21 heavy (non-hydrogen) atoms. The zero-order valence-corrected chi connectivity index (χ0v) is 12.9. The lowest BCUT2D eigenvalue weighted by molar-refractivity contribution is -0.0414. The van der Waals surface area contributed by atoms with E-state index >= 15 is 0 Å². The molecule has 1 unspecified atom stereocenters. The van der Waals surface area contributed by atoms with E-state index in [9.17, 15) is 0 Å². The first-order chi connectivity index (χ1) is 10.1. The lowest BCUT2D eigenvalue weighted by atomic mass is 10.2. The number of nitrogens with zero attached hydrogens (tertiary/aromatic N) is 6. The van der Waals surface area contributed by atoms with Crippen LogP contribution in [0.4, 0.5) is 0 Å². The van der Waals surface area contributed by atoms with Crippen LogP contribution in [0.15, 0.2) is 12.4 Å². The van der Waals surface area contributed by atoms with Crippen LogP contribution in [0, 0.1) is 13.8 Å². The molecule has 0 bridgehead atoms. The van der Waals surface area contributed by atoms with Crippen LogP contribution in [-0.2, 0) is 24.9 Å². The van der Waals surface area contributed by atoms with Gasteiger partial charge >= 0.3 is 0 Å². The van der Waals surface area contributed by atoms with E-state index in [0.29, 0.717) is 0 Å². The lowest BCUT2D eigenvalue weighted by Gasteiger charge is -2.32. The van der Waals surface area contributed by atoms with Crippen molar-refractivity contribution in [1.82, 2.24) is 29.2 Å². The number of aromatic nitrogens is 5. The maximum absolute atomic E-state index is 5.87. The number of morpholine rings is 1. The monoisotopic (exact) mass is 290 g/mol. The van der Waals surface area contributed by atoms with Gasteiger partial charge in [-0.2, -0.15) is 5.10 Å². The van der Waals surface area contributed by atoms with Crippen LogP contribution in [-0.4, -0.2) is 55.0 Å². The Morgan fingerprint density at radius 3 is 2.90 bits per heavy atom. The van der Waals surface area contributed by atoms with Crippen LogP contribution in [0.5, 0.6) is 0 Å². The van der Waals surface area contributed by atoms with Gasteiger partial charge in [0.15, 0.2) is 0 Å². The molecule has 1 saturated heterocycles. The predicted molar refractivity (Wildman–Crippen MR) is 77.7 cm³/mol. The highest BCUT2D eigenvalue weighted by Gasteiger charge is 2.22. The molecule has 0 saturated carbocycles. The van der Waals surface area contributed by atoms with Crippen molar-refractivity contribution in [2.75, 3.05) is 19.7 Å². The van der Waals surface area contributed by atoms with E-state index in [1.54, 1.807) is 0 Å². The van der Waals surface area contributed by atoms with Crippen molar-refractivity contribution in [2.24, 2.45) is 7.05 Å². The number of aryl methyl sites for hydroxylation is 3. The minimum Gasteiger partial charge on any atom is -0.374 e. The molecule has 3 heterocycles. The van der Waals surface area contributed by atoms with E-state index in [1.807, 2.05) is 38.0 Å². The van der Waals surface area contributed by atoms with Gasteiger partial charge in [-0.05, 0) is 13.8 Å². The first kappa shape index (κ1) is 14.2. The van der Waals surface area contributed by atoms with Crippen molar-refractivity contribution in [3.8, 4) is 0 Å². The molecule has 0 aliphatic carbocycles. The number of rotatable bonds is 4. The summed E-state index contributed by atoms with van der Waals surface area (Å²) in [6.07, 6.45) is 3.97. The summed E-state index contributed by atoms with van der Waals surface area (Å²) in [6.45, 7) is 8.10. The predicted octanol–water partition coefficient (Wildman–Crippen LogP) is 0.529. The van der Waals surface area contributed by atoms with E-state index in [2.05, 4.69) is 24.5 Å². The Kier molecular flexibility index (Phi) is 4.03. The molecular formula is C14H22N6O.